The molecule has 2 heterocycles. The maximum atomic E-state index is 12.6. The van der Waals surface area contributed by atoms with E-state index in [4.69, 9.17) is 0 Å². The zero-order valence-corrected chi connectivity index (χ0v) is 20.9. The number of rotatable bonds is 6. The van der Waals surface area contributed by atoms with Crippen LogP contribution in [-0.4, -0.2) is 58.2 Å². The van der Waals surface area contributed by atoms with Crippen molar-refractivity contribution >= 4 is 11.8 Å². The van der Waals surface area contributed by atoms with Gasteiger partial charge < -0.3 is 10.6 Å². The fourth-order valence-electron chi connectivity index (χ4n) is 4.99. The van der Waals surface area contributed by atoms with Crippen molar-refractivity contribution in [3.8, 4) is 5.69 Å². The van der Waals surface area contributed by atoms with E-state index in [2.05, 4.69) is 20.6 Å². The minimum absolute atomic E-state index is 0.0933. The van der Waals surface area contributed by atoms with E-state index in [1.165, 1.54) is 0 Å². The van der Waals surface area contributed by atoms with Crippen molar-refractivity contribution < 1.29 is 9.59 Å². The first-order valence-electron chi connectivity index (χ1n) is 12.1. The molecule has 1 spiro atoms. The largest absolute Gasteiger partial charge is 0.350 e. The summed E-state index contributed by atoms with van der Waals surface area (Å²) in [5.74, 6) is 0.482. The molecule has 4 rings (SSSR count). The van der Waals surface area contributed by atoms with Crippen LogP contribution in [0.5, 0.6) is 0 Å². The fourth-order valence-corrected chi connectivity index (χ4v) is 4.99. The van der Waals surface area contributed by atoms with Crippen LogP contribution in [-0.2, 0) is 4.79 Å². The fraction of sp³-hybridized carbons (Fsp3) is 0.577. The molecule has 1 saturated carbocycles. The second-order valence-corrected chi connectivity index (χ2v) is 10.3. The van der Waals surface area contributed by atoms with E-state index in [0.29, 0.717) is 30.1 Å². The van der Waals surface area contributed by atoms with Crippen LogP contribution in [0.3, 0.4) is 0 Å². The summed E-state index contributed by atoms with van der Waals surface area (Å²) in [6.07, 6.45) is 2.23. The number of para-hydroxylation sites is 1. The average Bonchev–Trinajstić information content (AvgIpc) is 3.10. The number of hydrogen-bond donors (Lipinski definition) is 2. The Bertz CT molecular complexity index is 947. The standard InChI is InChI=1S/C24H33N5O2.C2H6/c1-17-10-20(27-29(17)19-8-6-5-7-9-19)22(31)25-13-18-11-24(12-18)15-28(16-24)14-21(30)26-23(2,3)4;1-2/h5-10,18H,11-16H2,1-4H3,(H,25,31)(H,26,30);1-2H3. The Morgan fingerprint density at radius 2 is 1.76 bits per heavy atom. The van der Waals surface area contributed by atoms with Gasteiger partial charge in [0.25, 0.3) is 5.91 Å². The third-order valence-electron chi connectivity index (χ3n) is 6.12. The zero-order valence-electron chi connectivity index (χ0n) is 20.9. The molecule has 1 saturated heterocycles. The first-order chi connectivity index (χ1) is 15.6. The number of carbonyl (C=O) groups excluding carboxylic acids is 2. The molecule has 33 heavy (non-hydrogen) atoms. The number of nitrogens with zero attached hydrogens (tertiary/aromatic N) is 3. The van der Waals surface area contributed by atoms with Gasteiger partial charge in [-0.2, -0.15) is 5.10 Å². The summed E-state index contributed by atoms with van der Waals surface area (Å²) in [5.41, 5.74) is 2.50. The Morgan fingerprint density at radius 3 is 2.36 bits per heavy atom. The SMILES string of the molecule is CC.Cc1cc(C(=O)NCC2CC3(C2)CN(CC(=O)NC(C)(C)C)C3)nn1-c1ccccc1. The number of amides is 2. The van der Waals surface area contributed by atoms with Crippen LogP contribution in [0.15, 0.2) is 36.4 Å². The highest BCUT2D eigenvalue weighted by Gasteiger charge is 2.52. The summed E-state index contributed by atoms with van der Waals surface area (Å²) >= 11 is 0. The van der Waals surface area contributed by atoms with E-state index >= 15 is 0 Å². The predicted molar refractivity (Wildman–Crippen MR) is 131 cm³/mol. The summed E-state index contributed by atoms with van der Waals surface area (Å²) in [5, 5.41) is 10.6. The second kappa shape index (κ2) is 10.1. The highest BCUT2D eigenvalue weighted by atomic mass is 16.2. The number of hydrogen-bond acceptors (Lipinski definition) is 4. The van der Waals surface area contributed by atoms with Crippen LogP contribution in [0.4, 0.5) is 0 Å². The van der Waals surface area contributed by atoms with E-state index in [1.807, 2.05) is 77.9 Å². The highest BCUT2D eigenvalue weighted by Crippen LogP contribution is 2.51. The molecule has 0 radical (unpaired) electrons. The van der Waals surface area contributed by atoms with Crippen molar-refractivity contribution in [3.63, 3.8) is 0 Å². The molecule has 7 nitrogen and oxygen atoms in total. The second-order valence-electron chi connectivity index (χ2n) is 10.3. The molecule has 1 aliphatic carbocycles. The van der Waals surface area contributed by atoms with Gasteiger partial charge in [0, 0.05) is 30.9 Å². The van der Waals surface area contributed by atoms with E-state index in [-0.39, 0.29) is 17.4 Å². The molecule has 0 bridgehead atoms. The molecule has 0 unspecified atom stereocenters. The van der Waals surface area contributed by atoms with E-state index < -0.39 is 0 Å². The Hall–Kier alpha value is -2.67. The monoisotopic (exact) mass is 453 g/mol. The van der Waals surface area contributed by atoms with Gasteiger partial charge in [-0.15, -0.1) is 0 Å². The number of aromatic nitrogens is 2. The average molecular weight is 454 g/mol. The van der Waals surface area contributed by atoms with Gasteiger partial charge in [0.2, 0.25) is 5.91 Å². The van der Waals surface area contributed by atoms with Gasteiger partial charge in [-0.3, -0.25) is 14.5 Å². The topological polar surface area (TPSA) is 79.3 Å². The third-order valence-corrected chi connectivity index (χ3v) is 6.12. The summed E-state index contributed by atoms with van der Waals surface area (Å²) in [7, 11) is 0. The van der Waals surface area contributed by atoms with Gasteiger partial charge in [-0.1, -0.05) is 32.0 Å². The highest BCUT2D eigenvalue weighted by molar-refractivity contribution is 5.92. The molecule has 1 aromatic carbocycles. The van der Waals surface area contributed by atoms with Crippen LogP contribution >= 0.6 is 0 Å². The van der Waals surface area contributed by atoms with E-state index in [0.717, 1.165) is 37.3 Å². The maximum absolute atomic E-state index is 12.6. The molecule has 1 aromatic heterocycles. The van der Waals surface area contributed by atoms with Crippen molar-refractivity contribution in [1.29, 1.82) is 0 Å². The van der Waals surface area contributed by atoms with Gasteiger partial charge >= 0.3 is 0 Å². The van der Waals surface area contributed by atoms with Gasteiger partial charge in [0.15, 0.2) is 5.69 Å². The molecule has 1 aliphatic heterocycles. The Labute approximate surface area is 197 Å². The number of carbonyl (C=O) groups is 2. The van der Waals surface area contributed by atoms with Gasteiger partial charge in [-0.05, 0) is 70.1 Å². The molecule has 180 valence electrons. The van der Waals surface area contributed by atoms with Gasteiger partial charge in [0.05, 0.1) is 12.2 Å². The lowest BCUT2D eigenvalue weighted by atomic mass is 9.57. The third kappa shape index (κ3) is 6.22. The van der Waals surface area contributed by atoms with Crippen molar-refractivity contribution in [3.05, 3.63) is 47.8 Å². The summed E-state index contributed by atoms with van der Waals surface area (Å²) in [6, 6.07) is 11.7. The van der Waals surface area contributed by atoms with Crippen molar-refractivity contribution in [1.82, 2.24) is 25.3 Å². The molecular weight excluding hydrogens is 414 g/mol. The maximum Gasteiger partial charge on any atom is 0.271 e. The molecule has 0 atom stereocenters. The molecule has 2 aliphatic rings. The Kier molecular flexibility index (Phi) is 7.62. The Morgan fingerprint density at radius 1 is 1.12 bits per heavy atom. The number of benzene rings is 1. The van der Waals surface area contributed by atoms with Crippen molar-refractivity contribution in [2.75, 3.05) is 26.2 Å². The number of aryl methyl sites for hydroxylation is 1. The van der Waals surface area contributed by atoms with Gasteiger partial charge in [0.1, 0.15) is 0 Å². The molecule has 7 heteroatoms. The Balaban J connectivity index is 0.00000149. The smallest absolute Gasteiger partial charge is 0.271 e. The quantitative estimate of drug-likeness (QED) is 0.701. The lowest BCUT2D eigenvalue weighted by Crippen LogP contribution is -2.64. The molecular formula is C26H39N5O2. The van der Waals surface area contributed by atoms with Crippen LogP contribution in [0.25, 0.3) is 5.69 Å². The molecule has 2 aromatic rings. The first-order valence-corrected chi connectivity index (χ1v) is 12.1. The molecule has 2 N–H and O–H groups in total. The predicted octanol–water partition coefficient (Wildman–Crippen LogP) is 3.56. The summed E-state index contributed by atoms with van der Waals surface area (Å²) < 4.78 is 1.80. The first kappa shape index (κ1) is 25.0. The lowest BCUT2D eigenvalue weighted by molar-refractivity contribution is -0.133. The summed E-state index contributed by atoms with van der Waals surface area (Å²) in [6.45, 7) is 15.1. The zero-order chi connectivity index (χ0) is 24.2. The number of nitrogens with one attached hydrogen (secondary N) is 2. The number of likely N-dealkylation sites (tertiary alicyclic amines) is 1. The van der Waals surface area contributed by atoms with E-state index in [1.54, 1.807) is 4.68 Å². The van der Waals surface area contributed by atoms with Crippen molar-refractivity contribution in [2.24, 2.45) is 11.3 Å². The van der Waals surface area contributed by atoms with Gasteiger partial charge in [-0.25, -0.2) is 4.68 Å². The van der Waals surface area contributed by atoms with Crippen LogP contribution in [0.2, 0.25) is 0 Å². The van der Waals surface area contributed by atoms with Crippen molar-refractivity contribution in [2.45, 2.75) is 59.9 Å². The van der Waals surface area contributed by atoms with Crippen LogP contribution < -0.4 is 10.6 Å². The lowest BCUT2D eigenvalue weighted by Gasteiger charge is -2.59. The van der Waals surface area contributed by atoms with Crippen LogP contribution in [0.1, 0.15) is 63.6 Å². The molecule has 2 amide bonds. The minimum atomic E-state index is -0.186. The minimum Gasteiger partial charge on any atom is -0.350 e. The molecule has 2 fully saturated rings. The van der Waals surface area contributed by atoms with Crippen LogP contribution in [0, 0.1) is 18.3 Å². The van der Waals surface area contributed by atoms with E-state index in [9.17, 15) is 9.59 Å². The normalized spacial score (nSPS) is 17.4. The summed E-state index contributed by atoms with van der Waals surface area (Å²) in [4.78, 5) is 26.9.